The van der Waals surface area contributed by atoms with E-state index in [2.05, 4.69) is 68.1 Å². The highest BCUT2D eigenvalue weighted by molar-refractivity contribution is 6.23. The van der Waals surface area contributed by atoms with Crippen LogP contribution in [0.15, 0.2) is 67.3 Å². The van der Waals surface area contributed by atoms with Gasteiger partial charge in [-0.3, -0.25) is 4.79 Å². The molecule has 0 aliphatic carbocycles. The van der Waals surface area contributed by atoms with Gasteiger partial charge in [-0.25, -0.2) is 0 Å². The minimum atomic E-state index is 0.0687. The number of carbonyl (C=O) groups is 1. The smallest absolute Gasteiger partial charge is 0.245 e. The van der Waals surface area contributed by atoms with Crippen molar-refractivity contribution in [1.82, 2.24) is 4.90 Å². The molecule has 4 rings (SSSR count). The lowest BCUT2D eigenvalue weighted by atomic mass is 9.90. The minimum absolute atomic E-state index is 0.0687. The van der Waals surface area contributed by atoms with Gasteiger partial charge < -0.3 is 4.90 Å². The highest BCUT2D eigenvalue weighted by atomic mass is 16.2. The lowest BCUT2D eigenvalue weighted by molar-refractivity contribution is -0.126. The van der Waals surface area contributed by atoms with Gasteiger partial charge in [0.1, 0.15) is 0 Å². The number of hydrogen-bond acceptors (Lipinski definition) is 1. The zero-order valence-corrected chi connectivity index (χ0v) is 18.7. The third-order valence-corrected chi connectivity index (χ3v) is 6.51. The van der Waals surface area contributed by atoms with Gasteiger partial charge in [-0.15, -0.1) is 0 Å². The van der Waals surface area contributed by atoms with Gasteiger partial charge in [0.25, 0.3) is 0 Å². The molecule has 4 aromatic rings. The minimum Gasteiger partial charge on any atom is -0.339 e. The van der Waals surface area contributed by atoms with Crippen molar-refractivity contribution in [3.05, 3.63) is 72.8 Å². The molecular formula is C29H33NO. The van der Waals surface area contributed by atoms with Gasteiger partial charge in [-0.05, 0) is 69.6 Å². The van der Waals surface area contributed by atoms with Gasteiger partial charge in [0.15, 0.2) is 0 Å². The van der Waals surface area contributed by atoms with Crippen LogP contribution in [0.1, 0.15) is 51.0 Å². The number of hydrogen-bond donors (Lipinski definition) is 0. The first-order valence-corrected chi connectivity index (χ1v) is 11.8. The molecule has 0 unspecified atom stereocenters. The summed E-state index contributed by atoms with van der Waals surface area (Å²) in [5.74, 6) is 0.0687. The first kappa shape index (κ1) is 21.4. The monoisotopic (exact) mass is 411 g/mol. The van der Waals surface area contributed by atoms with Crippen LogP contribution < -0.4 is 0 Å². The van der Waals surface area contributed by atoms with Crippen LogP contribution in [0.25, 0.3) is 32.3 Å². The van der Waals surface area contributed by atoms with Crippen molar-refractivity contribution in [3.63, 3.8) is 0 Å². The number of aryl methyl sites for hydroxylation is 1. The highest BCUT2D eigenvalue weighted by Gasteiger charge is 2.12. The molecule has 1 amide bonds. The maximum Gasteiger partial charge on any atom is 0.245 e. The molecule has 4 aromatic carbocycles. The van der Waals surface area contributed by atoms with Gasteiger partial charge >= 0.3 is 0 Å². The standard InChI is InChI=1S/C29H33NO/c1-3-5-6-8-20-30(27(31)4-2)21-9-7-11-22-14-15-25-17-16-23-12-10-13-24-18-19-26(22)29(25)28(23)24/h4,10,12-19H,2-3,5-9,11,20-21H2,1H3. The summed E-state index contributed by atoms with van der Waals surface area (Å²) in [6, 6.07) is 20.1. The van der Waals surface area contributed by atoms with E-state index >= 15 is 0 Å². The molecule has 0 N–H and O–H groups in total. The summed E-state index contributed by atoms with van der Waals surface area (Å²) in [4.78, 5) is 14.2. The van der Waals surface area contributed by atoms with Gasteiger partial charge in [0.05, 0.1) is 0 Å². The summed E-state index contributed by atoms with van der Waals surface area (Å²) >= 11 is 0. The molecule has 0 radical (unpaired) electrons. The zero-order chi connectivity index (χ0) is 21.6. The van der Waals surface area contributed by atoms with Crippen LogP contribution in [0, 0.1) is 0 Å². The number of carbonyl (C=O) groups excluding carboxylic acids is 1. The van der Waals surface area contributed by atoms with E-state index < -0.39 is 0 Å². The predicted octanol–water partition coefficient (Wildman–Crippen LogP) is 7.50. The Morgan fingerprint density at radius 2 is 1.45 bits per heavy atom. The fraction of sp³-hybridized carbons (Fsp3) is 0.345. The van der Waals surface area contributed by atoms with Gasteiger partial charge in [0, 0.05) is 13.1 Å². The van der Waals surface area contributed by atoms with E-state index in [-0.39, 0.29) is 5.91 Å². The van der Waals surface area contributed by atoms with Crippen LogP contribution in [-0.4, -0.2) is 23.9 Å². The van der Waals surface area contributed by atoms with E-state index in [0.29, 0.717) is 0 Å². The number of amides is 1. The lowest BCUT2D eigenvalue weighted by Crippen LogP contribution is -2.31. The zero-order valence-electron chi connectivity index (χ0n) is 18.7. The normalized spacial score (nSPS) is 11.5. The third-order valence-electron chi connectivity index (χ3n) is 6.51. The Balaban J connectivity index is 1.45. The van der Waals surface area contributed by atoms with E-state index in [4.69, 9.17) is 0 Å². The largest absolute Gasteiger partial charge is 0.339 e. The van der Waals surface area contributed by atoms with E-state index in [1.807, 2.05) is 4.90 Å². The summed E-state index contributed by atoms with van der Waals surface area (Å²) < 4.78 is 0. The van der Waals surface area contributed by atoms with Crippen molar-refractivity contribution < 1.29 is 4.79 Å². The number of rotatable bonds is 11. The first-order chi connectivity index (χ1) is 15.2. The Kier molecular flexibility index (Phi) is 6.86. The molecule has 31 heavy (non-hydrogen) atoms. The highest BCUT2D eigenvalue weighted by Crippen LogP contribution is 2.36. The summed E-state index contributed by atoms with van der Waals surface area (Å²) in [6.07, 6.45) is 9.35. The molecule has 2 nitrogen and oxygen atoms in total. The summed E-state index contributed by atoms with van der Waals surface area (Å²) in [5.41, 5.74) is 1.41. The molecule has 160 valence electrons. The summed E-state index contributed by atoms with van der Waals surface area (Å²) in [6.45, 7) is 7.57. The molecular weight excluding hydrogens is 378 g/mol. The Labute approximate surface area is 185 Å². The Hall–Kier alpha value is -2.87. The molecule has 0 spiro atoms. The number of unbranched alkanes of at least 4 members (excludes halogenated alkanes) is 4. The van der Waals surface area contributed by atoms with Crippen LogP contribution in [0.3, 0.4) is 0 Å². The topological polar surface area (TPSA) is 20.3 Å². The van der Waals surface area contributed by atoms with E-state index in [1.165, 1.54) is 63.2 Å². The molecule has 0 aliphatic heterocycles. The van der Waals surface area contributed by atoms with E-state index in [9.17, 15) is 4.79 Å². The lowest BCUT2D eigenvalue weighted by Gasteiger charge is -2.21. The first-order valence-electron chi connectivity index (χ1n) is 11.8. The second kappa shape index (κ2) is 9.96. The van der Waals surface area contributed by atoms with Crippen LogP contribution >= 0.6 is 0 Å². The quantitative estimate of drug-likeness (QED) is 0.142. The molecule has 0 fully saturated rings. The van der Waals surface area contributed by atoms with Crippen LogP contribution in [0.2, 0.25) is 0 Å². The molecule has 0 aliphatic rings. The van der Waals surface area contributed by atoms with Crippen molar-refractivity contribution in [2.24, 2.45) is 0 Å². The fourth-order valence-corrected chi connectivity index (χ4v) is 4.82. The Bertz CT molecular complexity index is 1160. The second-order valence-corrected chi connectivity index (χ2v) is 8.63. The van der Waals surface area contributed by atoms with Crippen LogP contribution in [-0.2, 0) is 11.2 Å². The molecule has 0 heterocycles. The Morgan fingerprint density at radius 3 is 2.16 bits per heavy atom. The maximum atomic E-state index is 12.2. The number of nitrogens with zero attached hydrogens (tertiary/aromatic N) is 1. The third kappa shape index (κ3) is 4.58. The SMILES string of the molecule is C=CC(=O)N(CCCCCC)CCCCc1ccc2ccc3cccc4ccc1c2c34. The van der Waals surface area contributed by atoms with Crippen molar-refractivity contribution in [1.29, 1.82) is 0 Å². The Morgan fingerprint density at radius 1 is 0.806 bits per heavy atom. The molecule has 0 aromatic heterocycles. The molecule has 0 saturated carbocycles. The second-order valence-electron chi connectivity index (χ2n) is 8.63. The predicted molar refractivity (Wildman–Crippen MR) is 134 cm³/mol. The summed E-state index contributed by atoms with van der Waals surface area (Å²) in [5, 5.41) is 8.10. The number of benzene rings is 4. The molecule has 0 atom stereocenters. The summed E-state index contributed by atoms with van der Waals surface area (Å²) in [7, 11) is 0. The average molecular weight is 412 g/mol. The van der Waals surface area contributed by atoms with Crippen molar-refractivity contribution >= 4 is 38.2 Å². The van der Waals surface area contributed by atoms with E-state index in [0.717, 1.165) is 38.8 Å². The van der Waals surface area contributed by atoms with Crippen molar-refractivity contribution in [2.75, 3.05) is 13.1 Å². The van der Waals surface area contributed by atoms with Crippen molar-refractivity contribution in [3.8, 4) is 0 Å². The molecule has 2 heteroatoms. The van der Waals surface area contributed by atoms with E-state index in [1.54, 1.807) is 0 Å². The molecule has 0 bridgehead atoms. The van der Waals surface area contributed by atoms with Crippen LogP contribution in [0.4, 0.5) is 0 Å². The average Bonchev–Trinajstić information content (AvgIpc) is 2.81. The van der Waals surface area contributed by atoms with Gasteiger partial charge in [-0.1, -0.05) is 87.4 Å². The van der Waals surface area contributed by atoms with Crippen molar-refractivity contribution in [2.45, 2.75) is 51.9 Å². The van der Waals surface area contributed by atoms with Crippen LogP contribution in [0.5, 0.6) is 0 Å². The molecule has 0 saturated heterocycles. The maximum absolute atomic E-state index is 12.2. The fourth-order valence-electron chi connectivity index (χ4n) is 4.82. The van der Waals surface area contributed by atoms with Gasteiger partial charge in [0.2, 0.25) is 5.91 Å². The van der Waals surface area contributed by atoms with Gasteiger partial charge in [-0.2, -0.15) is 0 Å².